The average molecular weight is 486 g/mol. The molecule has 0 radical (unpaired) electrons. The van der Waals surface area contributed by atoms with Gasteiger partial charge in [-0.2, -0.15) is 30.3 Å². The van der Waals surface area contributed by atoms with Crippen molar-refractivity contribution in [3.8, 4) is 5.75 Å². The highest BCUT2D eigenvalue weighted by Gasteiger charge is 2.21. The molecule has 3 aromatic rings. The molecule has 1 aromatic heterocycles. The summed E-state index contributed by atoms with van der Waals surface area (Å²) in [5.74, 6) is 1.84. The second kappa shape index (κ2) is 10.7. The lowest BCUT2D eigenvalue weighted by Crippen LogP contribution is -2.25. The van der Waals surface area contributed by atoms with Gasteiger partial charge in [-0.15, -0.1) is 0 Å². The number of aryl methyl sites for hydroxylation is 2. The van der Waals surface area contributed by atoms with Crippen molar-refractivity contribution in [3.05, 3.63) is 53.1 Å². The fourth-order valence-corrected chi connectivity index (χ4v) is 4.29. The summed E-state index contributed by atoms with van der Waals surface area (Å²) in [7, 11) is 0. The molecule has 10 heteroatoms. The Hall–Kier alpha value is -4.08. The number of azo groups is 1. The zero-order valence-corrected chi connectivity index (χ0v) is 20.7. The van der Waals surface area contributed by atoms with Crippen molar-refractivity contribution in [2.75, 3.05) is 41.4 Å². The zero-order chi connectivity index (χ0) is 24.9. The first kappa shape index (κ1) is 23.7. The second-order valence-electron chi connectivity index (χ2n) is 9.23. The molecule has 2 aliphatic heterocycles. The maximum Gasteiger partial charge on any atom is 0.250 e. The minimum absolute atomic E-state index is 0.0943. The van der Waals surface area contributed by atoms with Crippen LogP contribution in [0.2, 0.25) is 0 Å². The molecule has 0 unspecified atom stereocenters. The van der Waals surface area contributed by atoms with E-state index in [-0.39, 0.29) is 5.75 Å². The summed E-state index contributed by atoms with van der Waals surface area (Å²) < 4.78 is 0. The lowest BCUT2D eigenvalue weighted by Gasteiger charge is -2.20. The van der Waals surface area contributed by atoms with Crippen LogP contribution in [0.25, 0.3) is 0 Å². The number of nitrogens with one attached hydrogen (secondary N) is 1. The zero-order valence-electron chi connectivity index (χ0n) is 20.7. The first-order valence-electron chi connectivity index (χ1n) is 12.4. The maximum atomic E-state index is 10.3. The molecule has 36 heavy (non-hydrogen) atoms. The van der Waals surface area contributed by atoms with E-state index in [1.54, 1.807) is 18.2 Å². The van der Waals surface area contributed by atoms with Crippen LogP contribution in [0.5, 0.6) is 5.75 Å². The van der Waals surface area contributed by atoms with Gasteiger partial charge in [0.2, 0.25) is 17.8 Å². The van der Waals surface area contributed by atoms with Gasteiger partial charge >= 0.3 is 0 Å². The molecule has 5 rings (SSSR count). The fraction of sp³-hybridized carbons (Fsp3) is 0.385. The van der Waals surface area contributed by atoms with E-state index in [4.69, 9.17) is 4.98 Å². The normalized spacial score (nSPS) is 16.1. The number of benzene rings is 2. The molecule has 2 aliphatic rings. The number of anilines is 3. The Morgan fingerprint density at radius 3 is 1.97 bits per heavy atom. The van der Waals surface area contributed by atoms with E-state index >= 15 is 0 Å². The third-order valence-electron chi connectivity index (χ3n) is 6.54. The number of hydrazone groups is 1. The van der Waals surface area contributed by atoms with Gasteiger partial charge in [-0.3, -0.25) is 0 Å². The van der Waals surface area contributed by atoms with Crippen LogP contribution >= 0.6 is 0 Å². The summed E-state index contributed by atoms with van der Waals surface area (Å²) in [6, 6.07) is 11.0. The van der Waals surface area contributed by atoms with Crippen LogP contribution in [0.3, 0.4) is 0 Å². The second-order valence-corrected chi connectivity index (χ2v) is 9.23. The van der Waals surface area contributed by atoms with Crippen molar-refractivity contribution in [1.29, 1.82) is 0 Å². The standard InChI is InChI=1S/C26H31N9O/c1-18-7-8-21(15-19(18)2)31-32-22-9-10-23(36)20(16-22)17-27-33-24-28-25(34-11-3-4-12-34)30-26(29-24)35-13-5-6-14-35/h7-10,15-17,36H,3-6,11-14H2,1-2H3,(H,28,29,30,33)/b27-17-,32-31?. The number of hydrogen-bond acceptors (Lipinski definition) is 10. The van der Waals surface area contributed by atoms with E-state index in [9.17, 15) is 5.11 Å². The van der Waals surface area contributed by atoms with Gasteiger partial charge in [-0.25, -0.2) is 5.43 Å². The maximum absolute atomic E-state index is 10.3. The molecule has 0 spiro atoms. The van der Waals surface area contributed by atoms with Crippen molar-refractivity contribution < 1.29 is 5.11 Å². The van der Waals surface area contributed by atoms with E-state index in [2.05, 4.69) is 47.4 Å². The summed E-state index contributed by atoms with van der Waals surface area (Å²) in [4.78, 5) is 18.3. The van der Waals surface area contributed by atoms with Crippen molar-refractivity contribution in [2.24, 2.45) is 15.3 Å². The van der Waals surface area contributed by atoms with Crippen LogP contribution in [-0.4, -0.2) is 52.5 Å². The van der Waals surface area contributed by atoms with Crippen molar-refractivity contribution >= 4 is 35.4 Å². The molecule has 3 heterocycles. The quantitative estimate of drug-likeness (QED) is 0.267. The minimum atomic E-state index is 0.0943. The lowest BCUT2D eigenvalue weighted by atomic mass is 10.1. The highest BCUT2D eigenvalue weighted by Crippen LogP contribution is 2.26. The Morgan fingerprint density at radius 1 is 0.778 bits per heavy atom. The van der Waals surface area contributed by atoms with Gasteiger partial charge in [0.05, 0.1) is 17.6 Å². The third-order valence-corrected chi connectivity index (χ3v) is 6.54. The summed E-state index contributed by atoms with van der Waals surface area (Å²) in [6.45, 7) is 7.90. The predicted molar refractivity (Wildman–Crippen MR) is 142 cm³/mol. The van der Waals surface area contributed by atoms with E-state index in [1.165, 1.54) is 11.8 Å². The SMILES string of the molecule is Cc1ccc(N=Nc2ccc(O)c(/C=N\Nc3nc(N4CCCC4)nc(N4CCCC4)n3)c2)cc1C. The van der Waals surface area contributed by atoms with Gasteiger partial charge in [0, 0.05) is 31.7 Å². The molecule has 186 valence electrons. The Kier molecular flexibility index (Phi) is 7.01. The largest absolute Gasteiger partial charge is 0.507 e. The van der Waals surface area contributed by atoms with Gasteiger partial charge in [0.15, 0.2) is 0 Å². The Balaban J connectivity index is 1.32. The van der Waals surface area contributed by atoms with Gasteiger partial charge in [0.25, 0.3) is 0 Å². The number of aromatic hydroxyl groups is 1. The highest BCUT2D eigenvalue weighted by molar-refractivity contribution is 5.85. The molecule has 0 bridgehead atoms. The van der Waals surface area contributed by atoms with Crippen LogP contribution in [0, 0.1) is 13.8 Å². The topological polar surface area (TPSA) is 114 Å². The summed E-state index contributed by atoms with van der Waals surface area (Å²) in [5, 5.41) is 23.2. The number of phenols is 1. The third kappa shape index (κ3) is 5.59. The van der Waals surface area contributed by atoms with Crippen LogP contribution in [0.15, 0.2) is 51.7 Å². The summed E-state index contributed by atoms with van der Waals surface area (Å²) in [6.07, 6.45) is 6.09. The van der Waals surface area contributed by atoms with E-state index < -0.39 is 0 Å². The smallest absolute Gasteiger partial charge is 0.250 e. The molecule has 0 atom stereocenters. The summed E-state index contributed by atoms with van der Waals surface area (Å²) >= 11 is 0. The van der Waals surface area contributed by atoms with Gasteiger partial charge in [0.1, 0.15) is 5.75 Å². The Labute approximate surface area is 210 Å². The number of phenolic OH excluding ortho intramolecular Hbond substituents is 1. The Morgan fingerprint density at radius 2 is 1.36 bits per heavy atom. The number of nitrogens with zero attached hydrogens (tertiary/aromatic N) is 8. The van der Waals surface area contributed by atoms with E-state index in [0.29, 0.717) is 29.1 Å². The average Bonchev–Trinajstić information content (AvgIpc) is 3.61. The highest BCUT2D eigenvalue weighted by atomic mass is 16.3. The molecule has 10 nitrogen and oxygen atoms in total. The first-order valence-corrected chi connectivity index (χ1v) is 12.4. The molecule has 0 saturated carbocycles. The van der Waals surface area contributed by atoms with Crippen molar-refractivity contribution in [2.45, 2.75) is 39.5 Å². The van der Waals surface area contributed by atoms with Gasteiger partial charge in [-0.1, -0.05) is 6.07 Å². The van der Waals surface area contributed by atoms with Gasteiger partial charge < -0.3 is 14.9 Å². The Bertz CT molecular complexity index is 1240. The molecule has 2 fully saturated rings. The lowest BCUT2D eigenvalue weighted by molar-refractivity contribution is 0.474. The van der Waals surface area contributed by atoms with Crippen LogP contribution in [0.4, 0.5) is 29.2 Å². The molecule has 2 N–H and O–H groups in total. The monoisotopic (exact) mass is 485 g/mol. The molecule has 0 amide bonds. The van der Waals surface area contributed by atoms with Crippen molar-refractivity contribution in [3.63, 3.8) is 0 Å². The summed E-state index contributed by atoms with van der Waals surface area (Å²) in [5.41, 5.74) is 7.20. The van der Waals surface area contributed by atoms with Gasteiger partial charge in [-0.05, 0) is 81.0 Å². The first-order chi connectivity index (χ1) is 17.5. The molecular formula is C26H31N9O. The molecule has 2 saturated heterocycles. The van der Waals surface area contributed by atoms with Crippen LogP contribution in [0.1, 0.15) is 42.4 Å². The number of aromatic nitrogens is 3. The van der Waals surface area contributed by atoms with E-state index in [1.807, 2.05) is 25.1 Å². The van der Waals surface area contributed by atoms with Crippen LogP contribution < -0.4 is 15.2 Å². The molecule has 2 aromatic carbocycles. The molecule has 0 aliphatic carbocycles. The fourth-order valence-electron chi connectivity index (χ4n) is 4.29. The van der Waals surface area contributed by atoms with Crippen molar-refractivity contribution in [1.82, 2.24) is 15.0 Å². The number of rotatable bonds is 7. The van der Waals surface area contributed by atoms with E-state index in [0.717, 1.165) is 63.1 Å². The molecular weight excluding hydrogens is 454 g/mol. The van der Waals surface area contributed by atoms with Crippen LogP contribution in [-0.2, 0) is 0 Å². The minimum Gasteiger partial charge on any atom is -0.507 e. The number of hydrogen-bond donors (Lipinski definition) is 2. The predicted octanol–water partition coefficient (Wildman–Crippen LogP) is 5.26.